The van der Waals surface area contributed by atoms with Crippen LogP contribution in [0.4, 0.5) is 11.4 Å². The van der Waals surface area contributed by atoms with Crippen molar-refractivity contribution in [3.63, 3.8) is 0 Å². The van der Waals surface area contributed by atoms with Crippen molar-refractivity contribution in [2.45, 2.75) is 26.2 Å². The van der Waals surface area contributed by atoms with Crippen LogP contribution in [0.1, 0.15) is 35.4 Å². The number of nitrogens with zero attached hydrogens (tertiary/aromatic N) is 4. The van der Waals surface area contributed by atoms with Crippen LogP contribution in [0.5, 0.6) is 0 Å². The monoisotopic (exact) mass is 413 g/mol. The van der Waals surface area contributed by atoms with Crippen LogP contribution in [-0.4, -0.2) is 33.6 Å². The normalized spacial score (nSPS) is 14.2. The molecule has 29 heavy (non-hydrogen) atoms. The van der Waals surface area contributed by atoms with Gasteiger partial charge in [-0.15, -0.1) is 11.3 Å². The van der Waals surface area contributed by atoms with Gasteiger partial charge in [-0.05, 0) is 49.8 Å². The Labute approximate surface area is 169 Å². The smallest absolute Gasteiger partial charge is 0.293 e. The number of benzene rings is 1. The van der Waals surface area contributed by atoms with E-state index in [-0.39, 0.29) is 16.8 Å². The number of hydrogen-bond donors (Lipinski definition) is 1. The van der Waals surface area contributed by atoms with Crippen molar-refractivity contribution in [1.82, 2.24) is 9.66 Å². The van der Waals surface area contributed by atoms with Crippen molar-refractivity contribution < 1.29 is 9.72 Å². The molecular weight excluding hydrogens is 394 g/mol. The molecule has 9 nitrogen and oxygen atoms in total. The fraction of sp³-hybridized carbons (Fsp3) is 0.316. The summed E-state index contributed by atoms with van der Waals surface area (Å²) in [5, 5.41) is 13.8. The lowest BCUT2D eigenvalue weighted by atomic mass is 10.1. The highest BCUT2D eigenvalue weighted by molar-refractivity contribution is 7.16. The number of anilines is 1. The summed E-state index contributed by atoms with van der Waals surface area (Å²) in [4.78, 5) is 43.4. The molecule has 0 atom stereocenters. The molecule has 0 saturated carbocycles. The second-order valence-electron chi connectivity index (χ2n) is 6.89. The Morgan fingerprint density at radius 2 is 2.00 bits per heavy atom. The molecule has 1 N–H and O–H groups in total. The number of nitro benzene ring substituents is 1. The third kappa shape index (κ3) is 3.58. The molecule has 1 aromatic carbocycles. The van der Waals surface area contributed by atoms with E-state index in [9.17, 15) is 19.7 Å². The van der Waals surface area contributed by atoms with Gasteiger partial charge in [-0.3, -0.25) is 25.1 Å². The lowest BCUT2D eigenvalue weighted by Gasteiger charge is -2.28. The molecule has 0 bridgehead atoms. The fourth-order valence-corrected chi connectivity index (χ4v) is 4.33. The second kappa shape index (κ2) is 7.63. The van der Waals surface area contributed by atoms with E-state index in [4.69, 9.17) is 0 Å². The fourth-order valence-electron chi connectivity index (χ4n) is 3.53. The molecule has 150 valence electrons. The molecule has 0 aliphatic carbocycles. The van der Waals surface area contributed by atoms with Crippen molar-refractivity contribution in [1.29, 1.82) is 0 Å². The number of rotatable bonds is 4. The summed E-state index contributed by atoms with van der Waals surface area (Å²) < 4.78 is 1.07. The Hall–Kier alpha value is -3.27. The Morgan fingerprint density at radius 3 is 2.72 bits per heavy atom. The maximum atomic E-state index is 12.7. The molecule has 3 heterocycles. The molecule has 2 aromatic heterocycles. The number of piperidine rings is 1. The minimum atomic E-state index is -0.611. The number of nitrogens with one attached hydrogen (secondary N) is 1. The zero-order chi connectivity index (χ0) is 20.5. The van der Waals surface area contributed by atoms with Crippen LogP contribution >= 0.6 is 11.3 Å². The zero-order valence-corrected chi connectivity index (χ0v) is 16.6. The molecule has 1 fully saturated rings. The van der Waals surface area contributed by atoms with E-state index >= 15 is 0 Å². The van der Waals surface area contributed by atoms with Crippen LogP contribution in [0.2, 0.25) is 0 Å². The highest BCUT2D eigenvalue weighted by Gasteiger charge is 2.23. The summed E-state index contributed by atoms with van der Waals surface area (Å²) in [6, 6.07) is 6.06. The van der Waals surface area contributed by atoms with Gasteiger partial charge in [-0.1, -0.05) is 0 Å². The number of aryl methyl sites for hydroxylation is 1. The predicted molar refractivity (Wildman–Crippen MR) is 111 cm³/mol. The van der Waals surface area contributed by atoms with Crippen LogP contribution in [-0.2, 0) is 0 Å². The molecule has 0 spiro atoms. The van der Waals surface area contributed by atoms with Gasteiger partial charge in [0.25, 0.3) is 17.2 Å². The van der Waals surface area contributed by atoms with Gasteiger partial charge in [0.1, 0.15) is 16.3 Å². The van der Waals surface area contributed by atoms with Crippen molar-refractivity contribution >= 4 is 38.8 Å². The zero-order valence-electron chi connectivity index (χ0n) is 15.8. The number of amides is 1. The van der Waals surface area contributed by atoms with Gasteiger partial charge in [0.15, 0.2) is 0 Å². The van der Waals surface area contributed by atoms with E-state index < -0.39 is 10.8 Å². The second-order valence-corrected chi connectivity index (χ2v) is 7.78. The average Bonchev–Trinajstić information content (AvgIpc) is 3.19. The Balaban J connectivity index is 1.66. The number of fused-ring (bicyclic) bond motifs is 1. The minimum absolute atomic E-state index is 0.106. The topological polar surface area (TPSA) is 110 Å². The first-order valence-electron chi connectivity index (χ1n) is 9.27. The third-order valence-corrected chi connectivity index (χ3v) is 5.82. The standard InChI is InChI=1S/C19H19N5O4S/c1-12-20-18-14(7-10-29-18)19(26)23(12)21-17(25)13-5-6-15(16(11-13)24(27)28)22-8-3-2-4-9-22/h5-7,10-11H,2-4,8-9H2,1H3,(H,21,25). The van der Waals surface area contributed by atoms with Crippen LogP contribution in [0.25, 0.3) is 10.2 Å². The van der Waals surface area contributed by atoms with Gasteiger partial charge >= 0.3 is 0 Å². The number of nitro groups is 1. The van der Waals surface area contributed by atoms with E-state index in [1.54, 1.807) is 30.5 Å². The van der Waals surface area contributed by atoms with Crippen molar-refractivity contribution in [3.05, 3.63) is 61.5 Å². The molecule has 0 unspecified atom stereocenters. The maximum Gasteiger partial charge on any atom is 0.293 e. The lowest BCUT2D eigenvalue weighted by molar-refractivity contribution is -0.384. The van der Waals surface area contributed by atoms with E-state index in [0.717, 1.165) is 37.0 Å². The van der Waals surface area contributed by atoms with Crippen LogP contribution < -0.4 is 15.9 Å². The third-order valence-electron chi connectivity index (χ3n) is 5.01. The first kappa shape index (κ1) is 19.1. The number of thiophene rings is 1. The van der Waals surface area contributed by atoms with Crippen LogP contribution in [0.3, 0.4) is 0 Å². The van der Waals surface area contributed by atoms with Crippen LogP contribution in [0.15, 0.2) is 34.4 Å². The van der Waals surface area contributed by atoms with E-state index in [1.807, 2.05) is 4.90 Å². The minimum Gasteiger partial charge on any atom is -0.366 e. The van der Waals surface area contributed by atoms with E-state index in [0.29, 0.717) is 21.7 Å². The van der Waals surface area contributed by atoms with Gasteiger partial charge in [-0.2, -0.15) is 0 Å². The molecule has 1 aliphatic rings. The van der Waals surface area contributed by atoms with E-state index in [1.165, 1.54) is 17.4 Å². The number of carbonyl (C=O) groups excluding carboxylic acids is 1. The maximum absolute atomic E-state index is 12.7. The quantitative estimate of drug-likeness (QED) is 0.520. The highest BCUT2D eigenvalue weighted by Crippen LogP contribution is 2.31. The Kier molecular flexibility index (Phi) is 5.01. The molecule has 1 saturated heterocycles. The summed E-state index contributed by atoms with van der Waals surface area (Å²) in [5.74, 6) is -0.280. The molecule has 10 heteroatoms. The Bertz CT molecular complexity index is 1160. The van der Waals surface area contributed by atoms with Gasteiger partial charge in [-0.25, -0.2) is 9.66 Å². The number of aromatic nitrogens is 2. The molecule has 1 amide bonds. The highest BCUT2D eigenvalue weighted by atomic mass is 32.1. The number of hydrogen-bond acceptors (Lipinski definition) is 7. The van der Waals surface area contributed by atoms with Crippen LogP contribution in [0, 0.1) is 17.0 Å². The summed E-state index contributed by atoms with van der Waals surface area (Å²) >= 11 is 1.34. The summed E-state index contributed by atoms with van der Waals surface area (Å²) in [7, 11) is 0. The first-order valence-corrected chi connectivity index (χ1v) is 10.2. The van der Waals surface area contributed by atoms with Crippen molar-refractivity contribution in [3.8, 4) is 0 Å². The summed E-state index contributed by atoms with van der Waals surface area (Å²) in [5.41, 5.74) is 2.63. The molecule has 3 aromatic rings. The number of carbonyl (C=O) groups is 1. The summed E-state index contributed by atoms with van der Waals surface area (Å²) in [6.07, 6.45) is 3.08. The SMILES string of the molecule is Cc1nc2sccc2c(=O)n1NC(=O)c1ccc(N2CCCCC2)c([N+](=O)[O-])c1. The molecule has 1 aliphatic heterocycles. The van der Waals surface area contributed by atoms with E-state index in [2.05, 4.69) is 10.4 Å². The lowest BCUT2D eigenvalue weighted by Crippen LogP contribution is -2.35. The molecule has 0 radical (unpaired) electrons. The molecule has 4 rings (SSSR count). The van der Waals surface area contributed by atoms with Gasteiger partial charge < -0.3 is 4.90 Å². The Morgan fingerprint density at radius 1 is 1.24 bits per heavy atom. The average molecular weight is 413 g/mol. The van der Waals surface area contributed by atoms with Crippen molar-refractivity contribution in [2.75, 3.05) is 23.4 Å². The largest absolute Gasteiger partial charge is 0.366 e. The predicted octanol–water partition coefficient (Wildman–Crippen LogP) is 3.05. The first-order chi connectivity index (χ1) is 14.0. The summed E-state index contributed by atoms with van der Waals surface area (Å²) in [6.45, 7) is 3.13. The van der Waals surface area contributed by atoms with Crippen molar-refractivity contribution in [2.24, 2.45) is 0 Å². The molecular formula is C19H19N5O4S. The van der Waals surface area contributed by atoms with Gasteiger partial charge in [0.05, 0.1) is 10.3 Å². The van der Waals surface area contributed by atoms with Gasteiger partial charge in [0.2, 0.25) is 0 Å². The van der Waals surface area contributed by atoms with Gasteiger partial charge in [0, 0.05) is 24.7 Å².